The molecule has 1 amide bonds. The van der Waals surface area contributed by atoms with Crippen molar-refractivity contribution in [3.63, 3.8) is 0 Å². The van der Waals surface area contributed by atoms with Crippen LogP contribution in [0.4, 0.5) is 14.5 Å². The molecule has 9 heteroatoms. The number of pyridine rings is 1. The number of anilines is 1. The largest absolute Gasteiger partial charge is 0.381 e. The number of nitrogens with two attached hydrogens (primary N) is 1. The second-order valence-electron chi connectivity index (χ2n) is 6.72. The minimum absolute atomic E-state index is 0.0160. The molecule has 0 bridgehead atoms. The fourth-order valence-corrected chi connectivity index (χ4v) is 4.57. The van der Waals surface area contributed by atoms with Crippen molar-refractivity contribution in [1.82, 2.24) is 4.98 Å². The number of nitrogens with zero attached hydrogens (tertiary/aromatic N) is 2. The number of aliphatic imine (C=N–C) groups is 1. The maximum Gasteiger partial charge on any atom is 0.274 e. The lowest BCUT2D eigenvalue weighted by atomic mass is 9.75. The van der Waals surface area contributed by atoms with Crippen LogP contribution < -0.4 is 11.1 Å². The molecule has 28 heavy (non-hydrogen) atoms. The van der Waals surface area contributed by atoms with E-state index in [1.165, 1.54) is 30.0 Å². The molecular formula is C19H18F2N4O2S. The van der Waals surface area contributed by atoms with Gasteiger partial charge >= 0.3 is 0 Å². The summed E-state index contributed by atoms with van der Waals surface area (Å²) in [5.41, 5.74) is 6.00. The Balaban J connectivity index is 1.68. The smallest absolute Gasteiger partial charge is 0.274 e. The number of carbonyl (C=O) groups excluding carboxylic acids is 1. The third-order valence-electron chi connectivity index (χ3n) is 5.01. The van der Waals surface area contributed by atoms with Gasteiger partial charge in [0.15, 0.2) is 5.17 Å². The number of rotatable bonds is 3. The van der Waals surface area contributed by atoms with Crippen molar-refractivity contribution in [2.75, 3.05) is 24.3 Å². The van der Waals surface area contributed by atoms with Crippen LogP contribution in [0.2, 0.25) is 0 Å². The molecule has 2 aromatic rings. The molecule has 2 atom stereocenters. The van der Waals surface area contributed by atoms with Crippen molar-refractivity contribution in [3.05, 3.63) is 59.4 Å². The first kappa shape index (κ1) is 18.8. The Bertz CT molecular complexity index is 938. The van der Waals surface area contributed by atoms with E-state index < -0.39 is 23.1 Å². The van der Waals surface area contributed by atoms with Crippen LogP contribution >= 0.6 is 11.8 Å². The molecule has 0 unspecified atom stereocenters. The van der Waals surface area contributed by atoms with Gasteiger partial charge in [-0.1, -0.05) is 11.8 Å². The van der Waals surface area contributed by atoms with Crippen LogP contribution in [0.15, 0.2) is 41.5 Å². The Kier molecular flexibility index (Phi) is 5.03. The number of halogens is 2. The van der Waals surface area contributed by atoms with Gasteiger partial charge in [-0.2, -0.15) is 0 Å². The number of hydrogen-bond acceptors (Lipinski definition) is 6. The second kappa shape index (κ2) is 7.48. The molecular weight excluding hydrogens is 386 g/mol. The summed E-state index contributed by atoms with van der Waals surface area (Å²) in [7, 11) is 0. The number of amides is 1. The van der Waals surface area contributed by atoms with Crippen LogP contribution in [-0.2, 0) is 10.3 Å². The lowest BCUT2D eigenvalue weighted by molar-refractivity contribution is 0.00886. The highest BCUT2D eigenvalue weighted by Crippen LogP contribution is 2.46. The van der Waals surface area contributed by atoms with E-state index in [0.29, 0.717) is 41.8 Å². The van der Waals surface area contributed by atoms with Gasteiger partial charge in [-0.05, 0) is 30.3 Å². The van der Waals surface area contributed by atoms with Crippen LogP contribution in [0.25, 0.3) is 0 Å². The summed E-state index contributed by atoms with van der Waals surface area (Å²) < 4.78 is 33.4. The minimum Gasteiger partial charge on any atom is -0.381 e. The monoisotopic (exact) mass is 404 g/mol. The summed E-state index contributed by atoms with van der Waals surface area (Å²) in [6.45, 7) is 0.923. The first-order valence-corrected chi connectivity index (χ1v) is 9.75. The molecule has 1 saturated heterocycles. The SMILES string of the molecule is NC1=N[C@]2(c3cc(NC(=O)c4ccc(F)cn4)ccc3F)CCOC[C@H]2CS1. The van der Waals surface area contributed by atoms with E-state index >= 15 is 0 Å². The quantitative estimate of drug-likeness (QED) is 0.821. The molecule has 1 aromatic heterocycles. The molecule has 1 fully saturated rings. The highest BCUT2D eigenvalue weighted by Gasteiger charge is 2.47. The molecule has 0 radical (unpaired) electrons. The van der Waals surface area contributed by atoms with Gasteiger partial charge in [-0.25, -0.2) is 13.8 Å². The number of thioether (sulfide) groups is 1. The predicted octanol–water partition coefficient (Wildman–Crippen LogP) is 2.91. The average Bonchev–Trinajstić information content (AvgIpc) is 2.69. The zero-order chi connectivity index (χ0) is 19.7. The predicted molar refractivity (Wildman–Crippen MR) is 103 cm³/mol. The van der Waals surface area contributed by atoms with Crippen molar-refractivity contribution < 1.29 is 18.3 Å². The molecule has 146 valence electrons. The lowest BCUT2D eigenvalue weighted by Crippen LogP contribution is -2.47. The van der Waals surface area contributed by atoms with E-state index in [-0.39, 0.29) is 11.6 Å². The first-order valence-electron chi connectivity index (χ1n) is 8.77. The third kappa shape index (κ3) is 3.47. The normalized spacial score (nSPS) is 24.2. The fourth-order valence-electron chi connectivity index (χ4n) is 3.60. The zero-order valence-electron chi connectivity index (χ0n) is 14.8. The van der Waals surface area contributed by atoms with Crippen molar-refractivity contribution >= 4 is 28.5 Å². The molecule has 0 spiro atoms. The Hall–Kier alpha value is -2.52. The lowest BCUT2D eigenvalue weighted by Gasteiger charge is -2.44. The van der Waals surface area contributed by atoms with Crippen LogP contribution in [-0.4, -0.2) is 35.0 Å². The summed E-state index contributed by atoms with van der Waals surface area (Å²) in [5.74, 6) is -0.784. The zero-order valence-corrected chi connectivity index (χ0v) is 15.6. The van der Waals surface area contributed by atoms with E-state index in [0.717, 1.165) is 12.3 Å². The minimum atomic E-state index is -0.813. The second-order valence-corrected chi connectivity index (χ2v) is 7.76. The fraction of sp³-hybridized carbons (Fsp3) is 0.316. The average molecular weight is 404 g/mol. The summed E-state index contributed by atoms with van der Waals surface area (Å²) in [6.07, 6.45) is 1.47. The summed E-state index contributed by atoms with van der Waals surface area (Å²) in [4.78, 5) is 20.8. The number of fused-ring (bicyclic) bond motifs is 1. The summed E-state index contributed by atoms with van der Waals surface area (Å²) in [5, 5.41) is 3.10. The molecule has 4 rings (SSSR count). The van der Waals surface area contributed by atoms with Crippen molar-refractivity contribution in [2.24, 2.45) is 16.6 Å². The van der Waals surface area contributed by atoms with Crippen LogP contribution in [0, 0.1) is 17.6 Å². The van der Waals surface area contributed by atoms with Gasteiger partial charge in [0.25, 0.3) is 5.91 Å². The topological polar surface area (TPSA) is 89.6 Å². The number of amidine groups is 1. The molecule has 0 saturated carbocycles. The Morgan fingerprint density at radius 1 is 1.32 bits per heavy atom. The van der Waals surface area contributed by atoms with E-state index in [1.54, 1.807) is 6.07 Å². The molecule has 6 nitrogen and oxygen atoms in total. The third-order valence-corrected chi connectivity index (χ3v) is 5.97. The van der Waals surface area contributed by atoms with Crippen LogP contribution in [0.5, 0.6) is 0 Å². The number of benzene rings is 1. The maximum absolute atomic E-state index is 14.8. The molecule has 2 aliphatic heterocycles. The standard InChI is InChI=1S/C19H18F2N4O2S/c20-12-1-4-16(23-8-12)17(26)24-13-2-3-15(21)14(7-13)19-5-6-27-9-11(19)10-28-18(22)25-19/h1-4,7-8,11H,5-6,9-10H2,(H2,22,25)(H,24,26)/t11-,19+/m0/s1. The van der Waals surface area contributed by atoms with Gasteiger partial charge in [-0.3, -0.25) is 9.79 Å². The van der Waals surface area contributed by atoms with Gasteiger partial charge in [0.2, 0.25) is 0 Å². The number of carbonyl (C=O) groups is 1. The number of nitrogens with one attached hydrogen (secondary N) is 1. The number of hydrogen-bond donors (Lipinski definition) is 2. The van der Waals surface area contributed by atoms with E-state index in [9.17, 15) is 13.6 Å². The van der Waals surface area contributed by atoms with Crippen LogP contribution in [0.3, 0.4) is 0 Å². The van der Waals surface area contributed by atoms with Gasteiger partial charge in [0, 0.05) is 35.9 Å². The Labute approximate surface area is 164 Å². The van der Waals surface area contributed by atoms with Gasteiger partial charge in [0.1, 0.15) is 17.3 Å². The van der Waals surface area contributed by atoms with E-state index in [1.807, 2.05) is 0 Å². The Morgan fingerprint density at radius 2 is 2.18 bits per heavy atom. The summed E-state index contributed by atoms with van der Waals surface area (Å²) in [6, 6.07) is 6.79. The highest BCUT2D eigenvalue weighted by molar-refractivity contribution is 8.13. The molecule has 3 N–H and O–H groups in total. The maximum atomic E-state index is 14.8. The molecule has 3 heterocycles. The van der Waals surface area contributed by atoms with Crippen molar-refractivity contribution in [2.45, 2.75) is 12.0 Å². The van der Waals surface area contributed by atoms with Gasteiger partial charge in [0.05, 0.1) is 18.3 Å². The number of ether oxygens (including phenoxy) is 1. The molecule has 0 aliphatic carbocycles. The number of aromatic nitrogens is 1. The van der Waals surface area contributed by atoms with Gasteiger partial charge < -0.3 is 15.8 Å². The highest BCUT2D eigenvalue weighted by atomic mass is 32.2. The summed E-state index contributed by atoms with van der Waals surface area (Å²) >= 11 is 1.43. The van der Waals surface area contributed by atoms with Crippen molar-refractivity contribution in [1.29, 1.82) is 0 Å². The van der Waals surface area contributed by atoms with Gasteiger partial charge in [-0.15, -0.1) is 0 Å². The van der Waals surface area contributed by atoms with Crippen molar-refractivity contribution in [3.8, 4) is 0 Å². The molecule has 2 aliphatic rings. The Morgan fingerprint density at radius 3 is 2.96 bits per heavy atom. The van der Waals surface area contributed by atoms with E-state index in [4.69, 9.17) is 10.5 Å². The molecule has 1 aromatic carbocycles. The first-order chi connectivity index (χ1) is 13.5. The van der Waals surface area contributed by atoms with Crippen LogP contribution in [0.1, 0.15) is 22.5 Å². The van der Waals surface area contributed by atoms with E-state index in [2.05, 4.69) is 15.3 Å².